The standard InChI is InChI=1S/C15H23N3O3S/c1-15(11-16,12-7-8-12)18-14(19)9-10-17-22(20,21)13-5-3-2-4-6-13/h2-6,12,17H,7-11,16H2,1H3,(H,18,19). The second kappa shape index (κ2) is 6.76. The van der Waals surface area contributed by atoms with Gasteiger partial charge in [0.25, 0.3) is 0 Å². The first-order valence-corrected chi connectivity index (χ1v) is 8.91. The van der Waals surface area contributed by atoms with Crippen LogP contribution < -0.4 is 15.8 Å². The molecule has 122 valence electrons. The van der Waals surface area contributed by atoms with Crippen LogP contribution >= 0.6 is 0 Å². The summed E-state index contributed by atoms with van der Waals surface area (Å²) in [6.07, 6.45) is 2.25. The van der Waals surface area contributed by atoms with Crippen molar-refractivity contribution in [1.82, 2.24) is 10.0 Å². The van der Waals surface area contributed by atoms with Gasteiger partial charge in [0.15, 0.2) is 0 Å². The number of benzene rings is 1. The van der Waals surface area contributed by atoms with Crippen molar-refractivity contribution in [1.29, 1.82) is 0 Å². The van der Waals surface area contributed by atoms with Crippen molar-refractivity contribution in [3.05, 3.63) is 30.3 Å². The molecule has 0 saturated heterocycles. The molecular weight excluding hydrogens is 302 g/mol. The summed E-state index contributed by atoms with van der Waals surface area (Å²) in [6, 6.07) is 8.09. The van der Waals surface area contributed by atoms with Crippen molar-refractivity contribution in [2.75, 3.05) is 13.1 Å². The summed E-state index contributed by atoms with van der Waals surface area (Å²) in [4.78, 5) is 12.2. The van der Waals surface area contributed by atoms with Crippen molar-refractivity contribution < 1.29 is 13.2 Å². The molecule has 1 unspecified atom stereocenters. The van der Waals surface area contributed by atoms with Crippen LogP contribution in [0.3, 0.4) is 0 Å². The van der Waals surface area contributed by atoms with Gasteiger partial charge in [0, 0.05) is 19.5 Å². The summed E-state index contributed by atoms with van der Waals surface area (Å²) in [7, 11) is -3.56. The van der Waals surface area contributed by atoms with Crippen LogP contribution in [0, 0.1) is 5.92 Å². The lowest BCUT2D eigenvalue weighted by atomic mass is 9.96. The van der Waals surface area contributed by atoms with E-state index in [1.54, 1.807) is 18.2 Å². The normalized spacial score (nSPS) is 17.7. The Morgan fingerprint density at radius 3 is 2.50 bits per heavy atom. The average molecular weight is 325 g/mol. The largest absolute Gasteiger partial charge is 0.349 e. The van der Waals surface area contributed by atoms with Crippen LogP contribution in [0.25, 0.3) is 0 Å². The van der Waals surface area contributed by atoms with E-state index < -0.39 is 10.0 Å². The predicted molar refractivity (Wildman–Crippen MR) is 84.6 cm³/mol. The first kappa shape index (κ1) is 16.9. The maximum absolute atomic E-state index is 12.0. The molecule has 1 saturated carbocycles. The molecule has 22 heavy (non-hydrogen) atoms. The smallest absolute Gasteiger partial charge is 0.240 e. The lowest BCUT2D eigenvalue weighted by molar-refractivity contribution is -0.122. The van der Waals surface area contributed by atoms with E-state index in [9.17, 15) is 13.2 Å². The SMILES string of the molecule is CC(CN)(NC(=O)CCNS(=O)(=O)c1ccccc1)C1CC1. The number of rotatable bonds is 8. The minimum atomic E-state index is -3.56. The summed E-state index contributed by atoms with van der Waals surface area (Å²) in [5, 5.41) is 2.93. The van der Waals surface area contributed by atoms with E-state index in [-0.39, 0.29) is 29.3 Å². The number of amides is 1. The Morgan fingerprint density at radius 1 is 1.32 bits per heavy atom. The van der Waals surface area contributed by atoms with Crippen LogP contribution in [0.1, 0.15) is 26.2 Å². The van der Waals surface area contributed by atoms with Gasteiger partial charge in [0.2, 0.25) is 15.9 Å². The van der Waals surface area contributed by atoms with Gasteiger partial charge in [-0.15, -0.1) is 0 Å². The number of carbonyl (C=O) groups is 1. The number of hydrogen-bond donors (Lipinski definition) is 3. The highest BCUT2D eigenvalue weighted by atomic mass is 32.2. The van der Waals surface area contributed by atoms with Crippen LogP contribution in [0.5, 0.6) is 0 Å². The molecule has 0 heterocycles. The molecule has 1 atom stereocenters. The highest BCUT2D eigenvalue weighted by molar-refractivity contribution is 7.89. The zero-order valence-electron chi connectivity index (χ0n) is 12.7. The van der Waals surface area contributed by atoms with Crippen LogP contribution in [0.4, 0.5) is 0 Å². The second-order valence-electron chi connectivity index (χ2n) is 5.90. The monoisotopic (exact) mass is 325 g/mol. The lowest BCUT2D eigenvalue weighted by Gasteiger charge is -2.29. The zero-order chi connectivity index (χ0) is 16.2. The van der Waals surface area contributed by atoms with E-state index in [0.717, 1.165) is 12.8 Å². The van der Waals surface area contributed by atoms with Crippen molar-refractivity contribution in [3.63, 3.8) is 0 Å². The Labute approximate surface area is 131 Å². The van der Waals surface area contributed by atoms with Gasteiger partial charge in [-0.3, -0.25) is 4.79 Å². The first-order valence-electron chi connectivity index (χ1n) is 7.43. The molecule has 1 aromatic carbocycles. The van der Waals surface area contributed by atoms with Crippen LogP contribution in [0.15, 0.2) is 35.2 Å². The van der Waals surface area contributed by atoms with Gasteiger partial charge in [-0.05, 0) is 37.8 Å². The van der Waals surface area contributed by atoms with Crippen LogP contribution in [0.2, 0.25) is 0 Å². The minimum absolute atomic E-state index is 0.0639. The molecule has 4 N–H and O–H groups in total. The highest BCUT2D eigenvalue weighted by Crippen LogP contribution is 2.38. The molecular formula is C15H23N3O3S. The van der Waals surface area contributed by atoms with Gasteiger partial charge in [0.05, 0.1) is 10.4 Å². The molecule has 6 nitrogen and oxygen atoms in total. The maximum Gasteiger partial charge on any atom is 0.240 e. The molecule has 2 rings (SSSR count). The summed E-state index contributed by atoms with van der Waals surface area (Å²) < 4.78 is 26.5. The van der Waals surface area contributed by atoms with Gasteiger partial charge >= 0.3 is 0 Å². The molecule has 1 aliphatic rings. The average Bonchev–Trinajstić information content (AvgIpc) is 3.33. The van der Waals surface area contributed by atoms with Crippen molar-refractivity contribution in [2.24, 2.45) is 11.7 Å². The number of hydrogen-bond acceptors (Lipinski definition) is 4. The predicted octanol–water partition coefficient (Wildman–Crippen LogP) is 0.599. The van der Waals surface area contributed by atoms with E-state index in [4.69, 9.17) is 5.73 Å². The van der Waals surface area contributed by atoms with Gasteiger partial charge in [-0.1, -0.05) is 18.2 Å². The lowest BCUT2D eigenvalue weighted by Crippen LogP contribution is -2.53. The molecule has 0 aromatic heterocycles. The molecule has 0 bridgehead atoms. The Balaban J connectivity index is 1.82. The van der Waals surface area contributed by atoms with E-state index in [1.165, 1.54) is 12.1 Å². The summed E-state index contributed by atoms with van der Waals surface area (Å²) >= 11 is 0. The number of sulfonamides is 1. The third kappa shape index (κ3) is 4.28. The van der Waals surface area contributed by atoms with Gasteiger partial charge in [-0.25, -0.2) is 13.1 Å². The topological polar surface area (TPSA) is 101 Å². The van der Waals surface area contributed by atoms with Crippen LogP contribution in [-0.4, -0.2) is 33.0 Å². The Bertz CT molecular complexity index is 614. The Hall–Kier alpha value is -1.44. The van der Waals surface area contributed by atoms with E-state index in [0.29, 0.717) is 12.5 Å². The molecule has 0 spiro atoms. The molecule has 7 heteroatoms. The molecule has 0 radical (unpaired) electrons. The molecule has 1 aromatic rings. The molecule has 1 aliphatic carbocycles. The molecule has 0 aliphatic heterocycles. The second-order valence-corrected chi connectivity index (χ2v) is 7.67. The Kier molecular flexibility index (Phi) is 5.20. The maximum atomic E-state index is 12.0. The summed E-state index contributed by atoms with van der Waals surface area (Å²) in [5.41, 5.74) is 5.36. The van der Waals surface area contributed by atoms with E-state index in [2.05, 4.69) is 10.0 Å². The fourth-order valence-corrected chi connectivity index (χ4v) is 3.46. The van der Waals surface area contributed by atoms with Gasteiger partial charge < -0.3 is 11.1 Å². The number of nitrogens with one attached hydrogen (secondary N) is 2. The minimum Gasteiger partial charge on any atom is -0.349 e. The highest BCUT2D eigenvalue weighted by Gasteiger charge is 2.41. The molecule has 1 amide bonds. The summed E-state index contributed by atoms with van der Waals surface area (Å²) in [6.45, 7) is 2.39. The first-order chi connectivity index (χ1) is 10.4. The van der Waals surface area contributed by atoms with Crippen molar-refractivity contribution in [3.8, 4) is 0 Å². The van der Waals surface area contributed by atoms with Crippen molar-refractivity contribution in [2.45, 2.75) is 36.6 Å². The fraction of sp³-hybridized carbons (Fsp3) is 0.533. The third-order valence-corrected chi connectivity index (χ3v) is 5.50. The number of nitrogens with two attached hydrogens (primary N) is 1. The van der Waals surface area contributed by atoms with Gasteiger partial charge in [0.1, 0.15) is 0 Å². The Morgan fingerprint density at radius 2 is 1.95 bits per heavy atom. The fourth-order valence-electron chi connectivity index (χ4n) is 2.40. The third-order valence-electron chi connectivity index (χ3n) is 4.03. The zero-order valence-corrected chi connectivity index (χ0v) is 13.5. The summed E-state index contributed by atoms with van der Waals surface area (Å²) in [5.74, 6) is 0.248. The number of carbonyl (C=O) groups excluding carboxylic acids is 1. The van der Waals surface area contributed by atoms with Gasteiger partial charge in [-0.2, -0.15) is 0 Å². The van der Waals surface area contributed by atoms with Crippen molar-refractivity contribution >= 4 is 15.9 Å². The van der Waals surface area contributed by atoms with Crippen LogP contribution in [-0.2, 0) is 14.8 Å². The molecule has 1 fully saturated rings. The van der Waals surface area contributed by atoms with E-state index >= 15 is 0 Å². The van der Waals surface area contributed by atoms with E-state index in [1.807, 2.05) is 6.92 Å². The quantitative estimate of drug-likeness (QED) is 0.651.